The zero-order chi connectivity index (χ0) is 12.0. The van der Waals surface area contributed by atoms with Crippen molar-refractivity contribution >= 4 is 5.91 Å². The Kier molecular flexibility index (Phi) is 4.98. The highest BCUT2D eigenvalue weighted by Crippen LogP contribution is 2.09. The minimum atomic E-state index is 0.0911. The molecule has 1 aromatic heterocycles. The molecule has 1 unspecified atom stereocenters. The molecule has 1 heterocycles. The van der Waals surface area contributed by atoms with Crippen molar-refractivity contribution in [3.05, 3.63) is 18.0 Å². The van der Waals surface area contributed by atoms with Gasteiger partial charge >= 0.3 is 0 Å². The summed E-state index contributed by atoms with van der Waals surface area (Å²) in [5, 5.41) is 10.2. The van der Waals surface area contributed by atoms with E-state index in [9.17, 15) is 4.79 Å². The highest BCUT2D eigenvalue weighted by atomic mass is 16.1. The van der Waals surface area contributed by atoms with Crippen LogP contribution in [0.2, 0.25) is 0 Å². The molecular formula is C11H20N4O. The summed E-state index contributed by atoms with van der Waals surface area (Å²) in [6.07, 6.45) is 4.33. The van der Waals surface area contributed by atoms with E-state index in [4.69, 9.17) is 0 Å². The first kappa shape index (κ1) is 12.7. The van der Waals surface area contributed by atoms with E-state index >= 15 is 0 Å². The van der Waals surface area contributed by atoms with Crippen LogP contribution in [0.5, 0.6) is 0 Å². The molecule has 5 heteroatoms. The summed E-state index contributed by atoms with van der Waals surface area (Å²) in [5.41, 5.74) is 1.14. The fourth-order valence-electron chi connectivity index (χ4n) is 1.47. The molecule has 0 radical (unpaired) electrons. The van der Waals surface area contributed by atoms with E-state index in [1.807, 2.05) is 26.4 Å². The number of hydrogen-bond donors (Lipinski definition) is 2. The van der Waals surface area contributed by atoms with Gasteiger partial charge in [-0.1, -0.05) is 0 Å². The average Bonchev–Trinajstić information content (AvgIpc) is 2.65. The lowest BCUT2D eigenvalue weighted by Crippen LogP contribution is -2.28. The highest BCUT2D eigenvalue weighted by Gasteiger charge is 2.07. The van der Waals surface area contributed by atoms with Crippen molar-refractivity contribution in [3.63, 3.8) is 0 Å². The van der Waals surface area contributed by atoms with Crippen LogP contribution < -0.4 is 10.6 Å². The largest absolute Gasteiger partial charge is 0.356 e. The van der Waals surface area contributed by atoms with E-state index in [0.29, 0.717) is 19.5 Å². The van der Waals surface area contributed by atoms with Gasteiger partial charge in [0.1, 0.15) is 0 Å². The third kappa shape index (κ3) is 4.02. The second-order valence-corrected chi connectivity index (χ2v) is 3.83. The third-order valence-corrected chi connectivity index (χ3v) is 2.40. The van der Waals surface area contributed by atoms with Crippen molar-refractivity contribution in [2.45, 2.75) is 26.3 Å². The molecule has 0 aliphatic rings. The number of aromatic nitrogens is 2. The molecule has 2 N–H and O–H groups in total. The lowest BCUT2D eigenvalue weighted by molar-refractivity contribution is -0.120. The number of aryl methyl sites for hydroxylation is 1. The Hall–Kier alpha value is -1.36. The van der Waals surface area contributed by atoms with E-state index in [-0.39, 0.29) is 11.9 Å². The van der Waals surface area contributed by atoms with Crippen molar-refractivity contribution in [1.82, 2.24) is 20.4 Å². The van der Waals surface area contributed by atoms with Crippen molar-refractivity contribution in [2.75, 3.05) is 13.1 Å². The van der Waals surface area contributed by atoms with Crippen LogP contribution in [0.4, 0.5) is 0 Å². The van der Waals surface area contributed by atoms with E-state index in [2.05, 4.69) is 22.7 Å². The lowest BCUT2D eigenvalue weighted by atomic mass is 10.2. The van der Waals surface area contributed by atoms with Crippen LogP contribution >= 0.6 is 0 Å². The van der Waals surface area contributed by atoms with Gasteiger partial charge < -0.3 is 10.6 Å². The molecule has 5 nitrogen and oxygen atoms in total. The first-order valence-electron chi connectivity index (χ1n) is 5.62. The summed E-state index contributed by atoms with van der Waals surface area (Å²) in [5.74, 6) is 0.0911. The molecule has 0 spiro atoms. The highest BCUT2D eigenvalue weighted by molar-refractivity contribution is 5.75. The average molecular weight is 224 g/mol. The van der Waals surface area contributed by atoms with Crippen LogP contribution in [0.25, 0.3) is 0 Å². The minimum absolute atomic E-state index is 0.0911. The van der Waals surface area contributed by atoms with E-state index in [1.165, 1.54) is 0 Å². The zero-order valence-corrected chi connectivity index (χ0v) is 10.2. The Bertz CT molecular complexity index is 334. The molecule has 1 rings (SSSR count). The van der Waals surface area contributed by atoms with Gasteiger partial charge in [-0.05, 0) is 13.8 Å². The summed E-state index contributed by atoms with van der Waals surface area (Å²) in [6.45, 7) is 5.36. The summed E-state index contributed by atoms with van der Waals surface area (Å²) in [7, 11) is 1.89. The van der Waals surface area contributed by atoms with Crippen LogP contribution in [0, 0.1) is 0 Å². The lowest BCUT2D eigenvalue weighted by Gasteiger charge is -2.11. The molecule has 0 fully saturated rings. The van der Waals surface area contributed by atoms with E-state index in [0.717, 1.165) is 5.56 Å². The zero-order valence-electron chi connectivity index (χ0n) is 10.2. The monoisotopic (exact) mass is 224 g/mol. The van der Waals surface area contributed by atoms with E-state index < -0.39 is 0 Å². The second kappa shape index (κ2) is 6.27. The van der Waals surface area contributed by atoms with Gasteiger partial charge in [-0.3, -0.25) is 9.48 Å². The van der Waals surface area contributed by atoms with Crippen molar-refractivity contribution in [1.29, 1.82) is 0 Å². The van der Waals surface area contributed by atoms with E-state index in [1.54, 1.807) is 4.68 Å². The molecule has 1 aromatic rings. The quantitative estimate of drug-likeness (QED) is 0.744. The fourth-order valence-corrected chi connectivity index (χ4v) is 1.47. The van der Waals surface area contributed by atoms with Gasteiger partial charge in [0.05, 0.1) is 6.20 Å². The van der Waals surface area contributed by atoms with Gasteiger partial charge in [-0.2, -0.15) is 5.10 Å². The van der Waals surface area contributed by atoms with Gasteiger partial charge in [0.25, 0.3) is 0 Å². The molecule has 16 heavy (non-hydrogen) atoms. The maximum absolute atomic E-state index is 11.2. The van der Waals surface area contributed by atoms with Crippen molar-refractivity contribution < 1.29 is 4.79 Å². The fraction of sp³-hybridized carbons (Fsp3) is 0.636. The van der Waals surface area contributed by atoms with Crippen molar-refractivity contribution in [2.24, 2.45) is 7.05 Å². The Morgan fingerprint density at radius 2 is 2.38 bits per heavy atom. The Labute approximate surface area is 96.2 Å². The maximum atomic E-state index is 11.2. The molecule has 1 amide bonds. The number of nitrogens with zero attached hydrogens (tertiary/aromatic N) is 2. The van der Waals surface area contributed by atoms with Crippen LogP contribution in [-0.2, 0) is 11.8 Å². The second-order valence-electron chi connectivity index (χ2n) is 3.83. The van der Waals surface area contributed by atoms with Crippen molar-refractivity contribution in [3.8, 4) is 0 Å². The number of carbonyl (C=O) groups is 1. The number of amides is 1. The first-order valence-corrected chi connectivity index (χ1v) is 5.62. The number of rotatable bonds is 6. The Morgan fingerprint density at radius 1 is 1.62 bits per heavy atom. The molecule has 0 bridgehead atoms. The Morgan fingerprint density at radius 3 is 2.94 bits per heavy atom. The maximum Gasteiger partial charge on any atom is 0.221 e. The van der Waals surface area contributed by atoms with Crippen LogP contribution in [0.15, 0.2) is 12.4 Å². The molecule has 0 aliphatic carbocycles. The standard InChI is InChI=1S/C11H20N4O/c1-4-12-11(16)5-6-13-9(2)10-7-14-15(3)8-10/h7-9,13H,4-6H2,1-3H3,(H,12,16). The molecule has 0 saturated carbocycles. The minimum Gasteiger partial charge on any atom is -0.356 e. The predicted octanol–water partition coefficient (Wildman–Crippen LogP) is 0.597. The van der Waals surface area contributed by atoms with Crippen LogP contribution in [-0.4, -0.2) is 28.8 Å². The summed E-state index contributed by atoms with van der Waals surface area (Å²) >= 11 is 0. The number of hydrogen-bond acceptors (Lipinski definition) is 3. The molecule has 90 valence electrons. The van der Waals surface area contributed by atoms with Gasteiger partial charge in [0.2, 0.25) is 5.91 Å². The van der Waals surface area contributed by atoms with Gasteiger partial charge in [-0.15, -0.1) is 0 Å². The number of carbonyl (C=O) groups excluding carboxylic acids is 1. The van der Waals surface area contributed by atoms with Gasteiger partial charge in [0.15, 0.2) is 0 Å². The van der Waals surface area contributed by atoms with Crippen LogP contribution in [0.3, 0.4) is 0 Å². The third-order valence-electron chi connectivity index (χ3n) is 2.40. The molecular weight excluding hydrogens is 204 g/mol. The SMILES string of the molecule is CCNC(=O)CCNC(C)c1cnn(C)c1. The van der Waals surface area contributed by atoms with Gasteiger partial charge in [-0.25, -0.2) is 0 Å². The Balaban J connectivity index is 2.25. The summed E-state index contributed by atoms with van der Waals surface area (Å²) < 4.78 is 1.78. The number of nitrogens with one attached hydrogen (secondary N) is 2. The van der Waals surface area contributed by atoms with Crippen LogP contribution in [0.1, 0.15) is 31.9 Å². The predicted molar refractivity (Wildman–Crippen MR) is 62.9 cm³/mol. The summed E-state index contributed by atoms with van der Waals surface area (Å²) in [6, 6.07) is 0.225. The topological polar surface area (TPSA) is 59.0 Å². The molecule has 0 aromatic carbocycles. The molecule has 0 aliphatic heterocycles. The normalized spacial score (nSPS) is 12.4. The molecule has 1 atom stereocenters. The smallest absolute Gasteiger partial charge is 0.221 e. The first-order chi connectivity index (χ1) is 7.63. The van der Waals surface area contributed by atoms with Gasteiger partial charge in [0, 0.05) is 44.4 Å². The molecule has 0 saturated heterocycles. The summed E-state index contributed by atoms with van der Waals surface area (Å²) in [4.78, 5) is 11.2.